The second kappa shape index (κ2) is 5.90. The Morgan fingerprint density at radius 3 is 2.75 bits per heavy atom. The molecule has 0 radical (unpaired) electrons. The maximum atomic E-state index is 12.3. The summed E-state index contributed by atoms with van der Waals surface area (Å²) in [7, 11) is 0. The molecule has 0 spiro atoms. The minimum absolute atomic E-state index is 0.110. The van der Waals surface area contributed by atoms with Gasteiger partial charge in [0.15, 0.2) is 0 Å². The van der Waals surface area contributed by atoms with Gasteiger partial charge in [-0.15, -0.1) is 0 Å². The lowest BCUT2D eigenvalue weighted by molar-refractivity contribution is -0.134. The van der Waals surface area contributed by atoms with Crippen LogP contribution in [0.3, 0.4) is 0 Å². The van der Waals surface area contributed by atoms with Crippen LogP contribution in [-0.4, -0.2) is 45.2 Å². The van der Waals surface area contributed by atoms with Gasteiger partial charge < -0.3 is 10.0 Å². The van der Waals surface area contributed by atoms with Crippen LogP contribution in [-0.2, 0) is 9.59 Å². The number of nitrogens with zero attached hydrogens (tertiary/aromatic N) is 2. The van der Waals surface area contributed by atoms with Gasteiger partial charge in [0.05, 0.1) is 0 Å². The highest BCUT2D eigenvalue weighted by atomic mass is 16.4. The number of hydrogen-bond donors (Lipinski definition) is 2. The van der Waals surface area contributed by atoms with Gasteiger partial charge in [-0.25, -0.2) is 4.79 Å². The first kappa shape index (κ1) is 14.3. The van der Waals surface area contributed by atoms with E-state index in [0.717, 1.165) is 18.5 Å². The number of piperidine rings is 1. The molecule has 1 unspecified atom stereocenters. The van der Waals surface area contributed by atoms with Gasteiger partial charge in [0, 0.05) is 42.0 Å². The van der Waals surface area contributed by atoms with Gasteiger partial charge in [-0.05, 0) is 32.8 Å². The molecular formula is C14H19N3O3. The Morgan fingerprint density at radius 1 is 1.40 bits per heavy atom. The highest BCUT2D eigenvalue weighted by molar-refractivity contribution is 6.01. The largest absolute Gasteiger partial charge is 0.478 e. The molecule has 0 saturated carbocycles. The number of H-pyrrole nitrogens is 1. The topological polar surface area (TPSA) is 86.3 Å². The van der Waals surface area contributed by atoms with Crippen LogP contribution in [0, 0.1) is 0 Å². The maximum Gasteiger partial charge on any atom is 0.331 e. The summed E-state index contributed by atoms with van der Waals surface area (Å²) in [5.41, 5.74) is 1.44. The highest BCUT2D eigenvalue weighted by Crippen LogP contribution is 2.26. The maximum absolute atomic E-state index is 12.3. The molecule has 6 heteroatoms. The number of aromatic amines is 1. The van der Waals surface area contributed by atoms with Crippen molar-refractivity contribution in [1.82, 2.24) is 15.1 Å². The third-order valence-corrected chi connectivity index (χ3v) is 3.87. The first-order chi connectivity index (χ1) is 9.50. The molecule has 1 aromatic heterocycles. The van der Waals surface area contributed by atoms with Crippen LogP contribution in [0.5, 0.6) is 0 Å². The number of likely N-dealkylation sites (tertiary alicyclic amines) is 1. The van der Waals surface area contributed by atoms with Crippen molar-refractivity contribution in [1.29, 1.82) is 0 Å². The number of carbonyl (C=O) groups excluding carboxylic acids is 1. The first-order valence-electron chi connectivity index (χ1n) is 6.70. The minimum atomic E-state index is -1.04. The summed E-state index contributed by atoms with van der Waals surface area (Å²) in [6, 6.07) is 1.92. The Bertz CT molecular complexity index is 534. The van der Waals surface area contributed by atoms with E-state index in [9.17, 15) is 9.59 Å². The first-order valence-corrected chi connectivity index (χ1v) is 6.70. The highest BCUT2D eigenvalue weighted by Gasteiger charge is 2.27. The van der Waals surface area contributed by atoms with Gasteiger partial charge in [0.1, 0.15) is 0 Å². The second-order valence-corrected chi connectivity index (χ2v) is 5.16. The van der Waals surface area contributed by atoms with Crippen molar-refractivity contribution in [2.45, 2.75) is 32.6 Å². The number of amides is 1. The van der Waals surface area contributed by atoms with Crippen LogP contribution in [0.1, 0.15) is 38.3 Å². The Balaban J connectivity index is 2.11. The van der Waals surface area contributed by atoms with E-state index in [1.807, 2.05) is 6.07 Å². The summed E-state index contributed by atoms with van der Waals surface area (Å²) in [6.07, 6.45) is 3.62. The molecule has 1 fully saturated rings. The summed E-state index contributed by atoms with van der Waals surface area (Å²) in [4.78, 5) is 25.0. The Hall–Kier alpha value is -2.11. The van der Waals surface area contributed by atoms with Gasteiger partial charge in [0.2, 0.25) is 5.91 Å². The fourth-order valence-electron chi connectivity index (χ4n) is 2.47. The summed E-state index contributed by atoms with van der Waals surface area (Å²) in [6.45, 7) is 4.32. The van der Waals surface area contributed by atoms with Gasteiger partial charge in [-0.1, -0.05) is 0 Å². The lowest BCUT2D eigenvalue weighted by Gasteiger charge is -2.32. The van der Waals surface area contributed by atoms with Crippen LogP contribution in [0.2, 0.25) is 0 Å². The molecule has 108 valence electrons. The van der Waals surface area contributed by atoms with E-state index in [2.05, 4.69) is 10.2 Å². The molecule has 1 saturated heterocycles. The zero-order valence-electron chi connectivity index (χ0n) is 11.7. The molecule has 0 aromatic carbocycles. The van der Waals surface area contributed by atoms with Crippen molar-refractivity contribution < 1.29 is 14.7 Å². The monoisotopic (exact) mass is 277 g/mol. The number of nitrogens with one attached hydrogen (secondary N) is 1. The van der Waals surface area contributed by atoms with Gasteiger partial charge >= 0.3 is 5.97 Å². The smallest absolute Gasteiger partial charge is 0.331 e. The molecule has 1 atom stereocenters. The van der Waals surface area contributed by atoms with Gasteiger partial charge in [0.25, 0.3) is 0 Å². The Morgan fingerprint density at radius 2 is 2.15 bits per heavy atom. The second-order valence-electron chi connectivity index (χ2n) is 5.16. The Labute approximate surface area is 117 Å². The number of carboxylic acid groups (broad SMARTS) is 1. The van der Waals surface area contributed by atoms with Crippen LogP contribution < -0.4 is 0 Å². The van der Waals surface area contributed by atoms with Crippen molar-refractivity contribution >= 4 is 11.9 Å². The summed E-state index contributed by atoms with van der Waals surface area (Å²) in [5, 5.41) is 15.8. The standard InChI is InChI=1S/C14H19N3O3/c1-9(10(2)14(19)20)13(18)17-7-3-4-11(8-17)12-5-6-15-16-12/h5-6,11H,3-4,7-8H2,1-2H3,(H,15,16)(H,19,20). The van der Waals surface area contributed by atoms with E-state index in [0.29, 0.717) is 18.7 Å². The molecule has 1 aromatic rings. The predicted molar refractivity (Wildman–Crippen MR) is 73.2 cm³/mol. The molecule has 0 aliphatic carbocycles. The van der Waals surface area contributed by atoms with Crippen molar-refractivity contribution in [3.63, 3.8) is 0 Å². The lowest BCUT2D eigenvalue weighted by Crippen LogP contribution is -2.40. The van der Waals surface area contributed by atoms with Crippen LogP contribution in [0.4, 0.5) is 0 Å². The number of aromatic nitrogens is 2. The molecular weight excluding hydrogens is 258 g/mol. The van der Waals surface area contributed by atoms with Crippen molar-refractivity contribution in [2.24, 2.45) is 0 Å². The molecule has 20 heavy (non-hydrogen) atoms. The number of carboxylic acids is 1. The molecule has 2 rings (SSSR count). The SMILES string of the molecule is CC(C(=O)O)=C(C)C(=O)N1CCCC(c2ccn[nH]2)C1. The quantitative estimate of drug-likeness (QED) is 0.820. The molecule has 2 heterocycles. The predicted octanol–water partition coefficient (Wildman–Crippen LogP) is 1.54. The van der Waals surface area contributed by atoms with Crippen molar-refractivity contribution in [3.05, 3.63) is 29.1 Å². The molecule has 6 nitrogen and oxygen atoms in total. The number of aliphatic carboxylic acids is 1. The number of rotatable bonds is 3. The minimum Gasteiger partial charge on any atom is -0.478 e. The van der Waals surface area contributed by atoms with E-state index in [-0.39, 0.29) is 17.4 Å². The van der Waals surface area contributed by atoms with Crippen molar-refractivity contribution in [3.8, 4) is 0 Å². The summed E-state index contributed by atoms with van der Waals surface area (Å²) >= 11 is 0. The molecule has 1 aliphatic heterocycles. The fraction of sp³-hybridized carbons (Fsp3) is 0.500. The molecule has 1 aliphatic rings. The third-order valence-electron chi connectivity index (χ3n) is 3.87. The molecule has 2 N–H and O–H groups in total. The van der Waals surface area contributed by atoms with E-state index in [1.54, 1.807) is 18.0 Å². The lowest BCUT2D eigenvalue weighted by atomic mass is 9.94. The van der Waals surface area contributed by atoms with Crippen LogP contribution >= 0.6 is 0 Å². The molecule has 0 bridgehead atoms. The number of hydrogen-bond acceptors (Lipinski definition) is 3. The molecule has 1 amide bonds. The van der Waals surface area contributed by atoms with E-state index in [1.165, 1.54) is 6.92 Å². The average Bonchev–Trinajstić information content (AvgIpc) is 2.99. The fourth-order valence-corrected chi connectivity index (χ4v) is 2.47. The van der Waals surface area contributed by atoms with Gasteiger partial charge in [-0.2, -0.15) is 5.10 Å². The number of carbonyl (C=O) groups is 2. The van der Waals surface area contributed by atoms with E-state index in [4.69, 9.17) is 5.11 Å². The van der Waals surface area contributed by atoms with Crippen LogP contribution in [0.25, 0.3) is 0 Å². The summed E-state index contributed by atoms with van der Waals surface area (Å²) < 4.78 is 0. The van der Waals surface area contributed by atoms with Gasteiger partial charge in [-0.3, -0.25) is 9.89 Å². The zero-order valence-corrected chi connectivity index (χ0v) is 11.7. The average molecular weight is 277 g/mol. The van der Waals surface area contributed by atoms with E-state index >= 15 is 0 Å². The van der Waals surface area contributed by atoms with Crippen molar-refractivity contribution in [2.75, 3.05) is 13.1 Å². The van der Waals surface area contributed by atoms with E-state index < -0.39 is 5.97 Å². The third kappa shape index (κ3) is 2.89. The van der Waals surface area contributed by atoms with Crippen LogP contribution in [0.15, 0.2) is 23.4 Å². The normalized spacial score (nSPS) is 20.5. The Kier molecular flexibility index (Phi) is 4.22. The zero-order chi connectivity index (χ0) is 14.7. The summed E-state index contributed by atoms with van der Waals surface area (Å²) in [5.74, 6) is -0.986.